The van der Waals surface area contributed by atoms with Crippen LogP contribution in [0.1, 0.15) is 63.0 Å². The number of aromatic nitrogens is 1. The summed E-state index contributed by atoms with van der Waals surface area (Å²) >= 11 is 0. The molecule has 0 aromatic carbocycles. The van der Waals surface area contributed by atoms with E-state index in [-0.39, 0.29) is 35.7 Å². The fourth-order valence-electron chi connectivity index (χ4n) is 4.04. The summed E-state index contributed by atoms with van der Waals surface area (Å²) in [5.41, 5.74) is -0.000658. The summed E-state index contributed by atoms with van der Waals surface area (Å²) in [5, 5.41) is 11.9. The zero-order valence-electron chi connectivity index (χ0n) is 21.1. The number of carbonyl (C=O) groups excluding carboxylic acids is 2. The van der Waals surface area contributed by atoms with E-state index >= 15 is 0 Å². The second-order valence-electron chi connectivity index (χ2n) is 9.65. The Kier molecular flexibility index (Phi) is 8.30. The first-order valence-electron chi connectivity index (χ1n) is 12.0. The van der Waals surface area contributed by atoms with Crippen LogP contribution >= 0.6 is 0 Å². The first kappa shape index (κ1) is 26.4. The number of alkyl halides is 1. The number of ether oxygens (including phenoxy) is 2. The number of carbonyl (C=O) groups is 2. The summed E-state index contributed by atoms with van der Waals surface area (Å²) in [7, 11) is 1.28. The third-order valence-electron chi connectivity index (χ3n) is 6.35. The second-order valence-corrected chi connectivity index (χ2v) is 9.65. The zero-order valence-corrected chi connectivity index (χ0v) is 21.1. The molecular formula is C26H35FN4O4. The molecule has 1 aromatic heterocycles. The maximum Gasteiger partial charge on any atom is 0.356 e. The Hall–Kier alpha value is -3.23. The molecule has 35 heavy (non-hydrogen) atoms. The molecule has 1 saturated heterocycles. The van der Waals surface area contributed by atoms with Gasteiger partial charge in [0, 0.05) is 43.9 Å². The van der Waals surface area contributed by atoms with Crippen molar-refractivity contribution in [1.82, 2.24) is 9.88 Å². The maximum absolute atomic E-state index is 14.2. The summed E-state index contributed by atoms with van der Waals surface area (Å²) in [6.45, 7) is 8.62. The van der Waals surface area contributed by atoms with Gasteiger partial charge in [0.05, 0.1) is 19.3 Å². The van der Waals surface area contributed by atoms with Crippen molar-refractivity contribution in [3.8, 4) is 5.75 Å². The summed E-state index contributed by atoms with van der Waals surface area (Å²) in [5.74, 6) is 0.206. The van der Waals surface area contributed by atoms with Gasteiger partial charge in [0.25, 0.3) is 0 Å². The first-order valence-corrected chi connectivity index (χ1v) is 12.0. The Morgan fingerprint density at radius 1 is 1.34 bits per heavy atom. The number of nitrogens with zero attached hydrogens (tertiary/aromatic N) is 2. The van der Waals surface area contributed by atoms with Gasteiger partial charge >= 0.3 is 5.97 Å². The molecule has 2 N–H and O–H groups in total. The molecule has 1 unspecified atom stereocenters. The Morgan fingerprint density at radius 3 is 2.57 bits per heavy atom. The predicted octanol–water partition coefficient (Wildman–Crippen LogP) is 4.51. The molecule has 9 heteroatoms. The Labute approximate surface area is 206 Å². The van der Waals surface area contributed by atoms with E-state index in [4.69, 9.17) is 14.9 Å². The average molecular weight is 487 g/mol. The lowest BCUT2D eigenvalue weighted by Crippen LogP contribution is -2.38. The smallest absolute Gasteiger partial charge is 0.356 e. The van der Waals surface area contributed by atoms with E-state index in [1.807, 2.05) is 18.7 Å². The van der Waals surface area contributed by atoms with E-state index in [0.29, 0.717) is 42.4 Å². The molecule has 0 saturated carbocycles. The van der Waals surface area contributed by atoms with E-state index in [9.17, 15) is 14.0 Å². The number of hydrogen-bond acceptors (Lipinski definition) is 7. The van der Waals surface area contributed by atoms with Crippen LogP contribution in [0.25, 0.3) is 0 Å². The van der Waals surface area contributed by atoms with Crippen molar-refractivity contribution in [3.63, 3.8) is 0 Å². The van der Waals surface area contributed by atoms with Crippen LogP contribution in [0.4, 0.5) is 10.2 Å². The van der Waals surface area contributed by atoms with Gasteiger partial charge in [-0.15, -0.1) is 0 Å². The third kappa shape index (κ3) is 6.68. The number of rotatable bonds is 8. The topological polar surface area (TPSA) is 105 Å². The lowest BCUT2D eigenvalue weighted by atomic mass is 9.96. The Bertz CT molecular complexity index is 1040. The van der Waals surface area contributed by atoms with Gasteiger partial charge in [-0.2, -0.15) is 0 Å². The van der Waals surface area contributed by atoms with Crippen LogP contribution in [0.15, 0.2) is 30.0 Å². The number of allylic oxidation sites excluding steroid dienone is 3. The minimum Gasteiger partial charge on any atom is -0.492 e. The molecule has 0 radical (unpaired) electrons. The van der Waals surface area contributed by atoms with Crippen LogP contribution in [0.2, 0.25) is 0 Å². The van der Waals surface area contributed by atoms with E-state index in [2.05, 4.69) is 10.3 Å². The predicted molar refractivity (Wildman–Crippen MR) is 133 cm³/mol. The number of pyridine rings is 1. The number of piperidine rings is 1. The standard InChI is InChI=1S/C26H35FN4O4/c1-16(2)23(28)22-21(35-15-18-8-12-31(13-9-18)17(3)32)14-20(25(33)34-5)30-24(22)29-19-6-10-26(4,27)11-7-19/h6-7,10,14,16,18,28H,8-9,11-13,15H2,1-5H3,(H,29,30). The molecule has 0 spiro atoms. The van der Waals surface area contributed by atoms with Crippen LogP contribution < -0.4 is 10.1 Å². The van der Waals surface area contributed by atoms with E-state index in [1.165, 1.54) is 26.2 Å². The number of halogens is 1. The SMILES string of the molecule is COC(=O)c1cc(OCC2CCN(C(C)=O)CC2)c(C(=N)C(C)C)c(NC2=CCC(C)(F)C=C2)n1. The summed E-state index contributed by atoms with van der Waals surface area (Å²) < 4.78 is 25.3. The summed E-state index contributed by atoms with van der Waals surface area (Å²) in [6, 6.07) is 1.51. The number of nitrogens with one attached hydrogen (secondary N) is 2. The third-order valence-corrected chi connectivity index (χ3v) is 6.35. The lowest BCUT2D eigenvalue weighted by Gasteiger charge is -2.31. The summed E-state index contributed by atoms with van der Waals surface area (Å²) in [6.07, 6.45) is 6.65. The molecule has 8 nitrogen and oxygen atoms in total. The number of methoxy groups -OCH3 is 1. The largest absolute Gasteiger partial charge is 0.492 e. The monoisotopic (exact) mass is 486 g/mol. The fourth-order valence-corrected chi connectivity index (χ4v) is 4.04. The molecule has 2 heterocycles. The molecular weight excluding hydrogens is 451 g/mol. The average Bonchev–Trinajstić information content (AvgIpc) is 2.83. The molecule has 1 aliphatic carbocycles. The highest BCUT2D eigenvalue weighted by atomic mass is 19.1. The maximum atomic E-state index is 14.2. The molecule has 2 aliphatic rings. The Balaban J connectivity index is 1.93. The number of likely N-dealkylation sites (tertiary alicyclic amines) is 1. The van der Waals surface area contributed by atoms with Crippen molar-refractivity contribution in [2.24, 2.45) is 11.8 Å². The minimum absolute atomic E-state index is 0.0485. The highest BCUT2D eigenvalue weighted by Gasteiger charge is 2.27. The molecule has 190 valence electrons. The Morgan fingerprint density at radius 2 is 2.03 bits per heavy atom. The van der Waals surface area contributed by atoms with Crippen LogP contribution in [0.5, 0.6) is 5.75 Å². The van der Waals surface area contributed by atoms with Crippen molar-refractivity contribution in [3.05, 3.63) is 41.2 Å². The van der Waals surface area contributed by atoms with Gasteiger partial charge in [-0.25, -0.2) is 14.2 Å². The summed E-state index contributed by atoms with van der Waals surface area (Å²) in [4.78, 5) is 30.3. The molecule has 1 amide bonds. The van der Waals surface area contributed by atoms with Gasteiger partial charge in [-0.1, -0.05) is 19.9 Å². The minimum atomic E-state index is -1.42. The number of hydrogen-bond donors (Lipinski definition) is 2. The normalized spacial score (nSPS) is 20.4. The van der Waals surface area contributed by atoms with E-state index in [0.717, 1.165) is 12.8 Å². The van der Waals surface area contributed by atoms with Crippen molar-refractivity contribution in [2.75, 3.05) is 32.1 Å². The number of anilines is 1. The van der Waals surface area contributed by atoms with Gasteiger partial charge in [0.15, 0.2) is 5.69 Å². The van der Waals surface area contributed by atoms with Crippen LogP contribution in [0, 0.1) is 17.2 Å². The first-order chi connectivity index (χ1) is 16.5. The highest BCUT2D eigenvalue weighted by molar-refractivity contribution is 6.07. The molecule has 1 aromatic rings. The van der Waals surface area contributed by atoms with Crippen molar-refractivity contribution >= 4 is 23.4 Å². The van der Waals surface area contributed by atoms with E-state index < -0.39 is 11.6 Å². The van der Waals surface area contributed by atoms with Gasteiger partial charge in [0.2, 0.25) is 5.91 Å². The fraction of sp³-hybridized carbons (Fsp3) is 0.538. The van der Waals surface area contributed by atoms with Gasteiger partial charge in [-0.05, 0) is 43.8 Å². The molecule has 1 fully saturated rings. The zero-order chi connectivity index (χ0) is 25.8. The number of amides is 1. The quantitative estimate of drug-likeness (QED) is 0.414. The number of esters is 1. The molecule has 0 bridgehead atoms. The van der Waals surface area contributed by atoms with Gasteiger partial charge in [-0.3, -0.25) is 4.79 Å². The van der Waals surface area contributed by atoms with Gasteiger partial charge in [0.1, 0.15) is 17.2 Å². The van der Waals surface area contributed by atoms with Crippen molar-refractivity contribution in [2.45, 2.75) is 52.6 Å². The second kappa shape index (κ2) is 11.0. The van der Waals surface area contributed by atoms with Crippen LogP contribution in [-0.2, 0) is 9.53 Å². The van der Waals surface area contributed by atoms with Gasteiger partial charge < -0.3 is 25.1 Å². The lowest BCUT2D eigenvalue weighted by molar-refractivity contribution is -0.130. The molecule has 1 aliphatic heterocycles. The van der Waals surface area contributed by atoms with Crippen molar-refractivity contribution < 1.29 is 23.5 Å². The van der Waals surface area contributed by atoms with Crippen LogP contribution in [-0.4, -0.2) is 59.9 Å². The van der Waals surface area contributed by atoms with Crippen molar-refractivity contribution in [1.29, 1.82) is 5.41 Å². The molecule has 3 rings (SSSR count). The molecule has 1 atom stereocenters. The highest BCUT2D eigenvalue weighted by Crippen LogP contribution is 2.33. The van der Waals surface area contributed by atoms with Crippen LogP contribution in [0.3, 0.4) is 0 Å². The van der Waals surface area contributed by atoms with E-state index in [1.54, 1.807) is 19.1 Å².